The topological polar surface area (TPSA) is 26.7 Å². The molecule has 0 aromatic heterocycles. The van der Waals surface area contributed by atoms with Crippen molar-refractivity contribution in [2.75, 3.05) is 45.0 Å². The fraction of sp³-hybridized carbons (Fsp3) is 0.538. The van der Waals surface area contributed by atoms with Crippen molar-refractivity contribution in [3.8, 4) is 0 Å². The Morgan fingerprint density at radius 3 is 1.88 bits per heavy atom. The molecule has 1 N–H and O–H groups in total. The Balaban J connectivity index is 1.30. The molecule has 2 aromatic carbocycles. The number of β-amino-alcohol motifs (C(OH)–C–C–N with tert-alkyl or cyclic N) is 1. The van der Waals surface area contributed by atoms with Crippen molar-refractivity contribution >= 4 is 11.8 Å². The van der Waals surface area contributed by atoms with E-state index < -0.39 is 0 Å². The average Bonchev–Trinajstić information content (AvgIpc) is 3.16. The Hall–Kier alpha value is -1.47. The lowest BCUT2D eigenvalue weighted by Gasteiger charge is -2.39. The van der Waals surface area contributed by atoms with Gasteiger partial charge in [0.15, 0.2) is 0 Å². The molecule has 3 nitrogen and oxygen atoms in total. The molecule has 0 amide bonds. The van der Waals surface area contributed by atoms with Crippen molar-refractivity contribution in [3.05, 3.63) is 71.3 Å². The molecular weight excluding hydrogens is 426 g/mol. The Morgan fingerprint density at radius 2 is 1.38 bits per heavy atom. The zero-order valence-electron chi connectivity index (χ0n) is 18.9. The number of aliphatic hydroxyl groups excluding tert-OH is 1. The van der Waals surface area contributed by atoms with Gasteiger partial charge in [0.2, 0.25) is 0 Å². The first kappa shape index (κ1) is 23.7. The molecule has 1 spiro atoms. The molecule has 1 unspecified atom stereocenters. The lowest BCUT2D eigenvalue weighted by molar-refractivity contribution is 0.0967. The van der Waals surface area contributed by atoms with Crippen LogP contribution < -0.4 is 0 Å². The number of hydrogen-bond donors (Lipinski definition) is 1. The number of thioether (sulfide) groups is 1. The summed E-state index contributed by atoms with van der Waals surface area (Å²) in [5, 5.41) is 9.75. The van der Waals surface area contributed by atoms with Gasteiger partial charge in [0.05, 0.1) is 11.4 Å². The van der Waals surface area contributed by atoms with Crippen LogP contribution in [-0.4, -0.2) is 66.0 Å². The van der Waals surface area contributed by atoms with Crippen LogP contribution >= 0.6 is 11.8 Å². The van der Waals surface area contributed by atoms with Crippen LogP contribution in [0.4, 0.5) is 8.78 Å². The molecule has 2 heterocycles. The first-order chi connectivity index (χ1) is 15.4. The highest BCUT2D eigenvalue weighted by atomic mass is 32.2. The molecule has 2 aliphatic rings. The SMILES string of the molecule is CC(O)CN1CCC2(CCN(CCSC(c3ccc(F)cc3)c3ccc(F)cc3)CC2)C1. The van der Waals surface area contributed by atoms with Crippen molar-refractivity contribution in [2.45, 2.75) is 37.5 Å². The third-order valence-corrected chi connectivity index (χ3v) is 8.29. The van der Waals surface area contributed by atoms with E-state index in [4.69, 9.17) is 0 Å². The molecule has 0 saturated carbocycles. The normalized spacial score (nSPS) is 20.3. The number of benzene rings is 2. The molecular formula is C26H34F2N2OS. The number of aliphatic hydroxyl groups is 1. The minimum Gasteiger partial charge on any atom is -0.392 e. The summed E-state index contributed by atoms with van der Waals surface area (Å²) in [4.78, 5) is 4.98. The van der Waals surface area contributed by atoms with Crippen LogP contribution in [0, 0.1) is 17.0 Å². The van der Waals surface area contributed by atoms with Crippen LogP contribution in [-0.2, 0) is 0 Å². The highest BCUT2D eigenvalue weighted by molar-refractivity contribution is 7.99. The van der Waals surface area contributed by atoms with Crippen LogP contribution in [0.5, 0.6) is 0 Å². The second kappa shape index (κ2) is 10.6. The van der Waals surface area contributed by atoms with Gasteiger partial charge in [0.25, 0.3) is 0 Å². The predicted octanol–water partition coefficient (Wildman–Crippen LogP) is 4.96. The fourth-order valence-electron chi connectivity index (χ4n) is 5.18. The number of likely N-dealkylation sites (tertiary alicyclic amines) is 2. The largest absolute Gasteiger partial charge is 0.392 e. The van der Waals surface area contributed by atoms with Crippen LogP contribution in [0.2, 0.25) is 0 Å². The van der Waals surface area contributed by atoms with Gasteiger partial charge in [-0.3, -0.25) is 0 Å². The van der Waals surface area contributed by atoms with Gasteiger partial charge in [0, 0.05) is 25.4 Å². The summed E-state index contributed by atoms with van der Waals surface area (Å²) in [5.74, 6) is 0.496. The maximum atomic E-state index is 13.4. The molecule has 174 valence electrons. The maximum Gasteiger partial charge on any atom is 0.123 e. The highest BCUT2D eigenvalue weighted by Crippen LogP contribution is 2.41. The summed E-state index contributed by atoms with van der Waals surface area (Å²) in [5.41, 5.74) is 2.53. The minimum atomic E-state index is -0.252. The van der Waals surface area contributed by atoms with Crippen molar-refractivity contribution in [2.24, 2.45) is 5.41 Å². The van der Waals surface area contributed by atoms with E-state index in [1.54, 1.807) is 0 Å². The van der Waals surface area contributed by atoms with Gasteiger partial charge in [-0.15, -0.1) is 11.8 Å². The van der Waals surface area contributed by atoms with Crippen LogP contribution in [0.1, 0.15) is 42.6 Å². The van der Waals surface area contributed by atoms with Gasteiger partial charge in [-0.1, -0.05) is 24.3 Å². The van der Waals surface area contributed by atoms with Gasteiger partial charge in [-0.25, -0.2) is 8.78 Å². The Labute approximate surface area is 194 Å². The quantitative estimate of drug-likeness (QED) is 0.603. The molecule has 2 aliphatic heterocycles. The zero-order valence-corrected chi connectivity index (χ0v) is 19.7. The summed E-state index contributed by atoms with van der Waals surface area (Å²) in [6.45, 7) is 8.17. The second-order valence-electron chi connectivity index (χ2n) is 9.53. The monoisotopic (exact) mass is 460 g/mol. The first-order valence-electron chi connectivity index (χ1n) is 11.7. The van der Waals surface area contributed by atoms with Gasteiger partial charge in [0.1, 0.15) is 11.6 Å². The summed E-state index contributed by atoms with van der Waals surface area (Å²) >= 11 is 1.84. The molecule has 32 heavy (non-hydrogen) atoms. The molecule has 0 bridgehead atoms. The van der Waals surface area contributed by atoms with Gasteiger partial charge in [-0.2, -0.15) is 0 Å². The minimum absolute atomic E-state index is 0.0659. The Kier molecular flexibility index (Phi) is 7.87. The molecule has 1 atom stereocenters. The summed E-state index contributed by atoms with van der Waals surface area (Å²) in [6.07, 6.45) is 3.46. The lowest BCUT2D eigenvalue weighted by Crippen LogP contribution is -2.42. The van der Waals surface area contributed by atoms with Crippen molar-refractivity contribution in [1.82, 2.24) is 9.80 Å². The smallest absolute Gasteiger partial charge is 0.123 e. The average molecular weight is 461 g/mol. The van der Waals surface area contributed by atoms with Crippen molar-refractivity contribution in [3.63, 3.8) is 0 Å². The van der Waals surface area contributed by atoms with E-state index in [0.717, 1.165) is 56.1 Å². The van der Waals surface area contributed by atoms with E-state index >= 15 is 0 Å². The maximum absolute atomic E-state index is 13.4. The second-order valence-corrected chi connectivity index (χ2v) is 10.7. The van der Waals surface area contributed by atoms with E-state index in [2.05, 4.69) is 9.80 Å². The van der Waals surface area contributed by atoms with E-state index in [9.17, 15) is 13.9 Å². The third kappa shape index (κ3) is 6.10. The lowest BCUT2D eigenvalue weighted by atomic mass is 9.78. The molecule has 2 aromatic rings. The Morgan fingerprint density at radius 1 is 0.875 bits per heavy atom. The van der Waals surface area contributed by atoms with Crippen LogP contribution in [0.25, 0.3) is 0 Å². The number of hydrogen-bond acceptors (Lipinski definition) is 4. The molecule has 4 rings (SSSR count). The van der Waals surface area contributed by atoms with Gasteiger partial charge < -0.3 is 14.9 Å². The molecule has 6 heteroatoms. The van der Waals surface area contributed by atoms with Gasteiger partial charge >= 0.3 is 0 Å². The molecule has 0 aliphatic carbocycles. The first-order valence-corrected chi connectivity index (χ1v) is 12.7. The highest BCUT2D eigenvalue weighted by Gasteiger charge is 2.40. The van der Waals surface area contributed by atoms with E-state index in [1.807, 2.05) is 43.0 Å². The standard InChI is InChI=1S/C26H34F2N2OS/c1-20(31)18-30-15-12-26(19-30)10-13-29(14-11-26)16-17-32-25(21-2-6-23(27)7-3-21)22-4-8-24(28)9-5-22/h2-9,20,25,31H,10-19H2,1H3. The summed E-state index contributed by atoms with van der Waals surface area (Å²) in [6, 6.07) is 13.3. The van der Waals surface area contributed by atoms with E-state index in [0.29, 0.717) is 5.41 Å². The van der Waals surface area contributed by atoms with E-state index in [1.165, 1.54) is 43.5 Å². The molecule has 2 saturated heterocycles. The number of halogens is 2. The van der Waals surface area contributed by atoms with Crippen LogP contribution in [0.3, 0.4) is 0 Å². The summed E-state index contributed by atoms with van der Waals surface area (Å²) < 4.78 is 26.9. The van der Waals surface area contributed by atoms with E-state index in [-0.39, 0.29) is 23.0 Å². The zero-order chi connectivity index (χ0) is 22.6. The fourth-order valence-corrected chi connectivity index (χ4v) is 6.47. The van der Waals surface area contributed by atoms with Crippen molar-refractivity contribution < 1.29 is 13.9 Å². The molecule has 0 radical (unpaired) electrons. The summed E-state index contributed by atoms with van der Waals surface area (Å²) in [7, 11) is 0. The number of rotatable bonds is 8. The van der Waals surface area contributed by atoms with Crippen LogP contribution in [0.15, 0.2) is 48.5 Å². The Bertz CT molecular complexity index is 806. The predicted molar refractivity (Wildman–Crippen MR) is 128 cm³/mol. The molecule has 2 fully saturated rings. The van der Waals surface area contributed by atoms with Crippen molar-refractivity contribution in [1.29, 1.82) is 0 Å². The number of nitrogens with zero attached hydrogens (tertiary/aromatic N) is 2. The number of piperidine rings is 1. The third-order valence-electron chi connectivity index (χ3n) is 6.99. The van der Waals surface area contributed by atoms with Gasteiger partial charge in [-0.05, 0) is 86.6 Å².